The van der Waals surface area contributed by atoms with Gasteiger partial charge in [0.05, 0.1) is 17.4 Å². The zero-order valence-electron chi connectivity index (χ0n) is 6.70. The van der Waals surface area contributed by atoms with Gasteiger partial charge in [-0.05, 0) is 13.8 Å². The summed E-state index contributed by atoms with van der Waals surface area (Å²) in [6.07, 6.45) is 3.33. The molecule has 1 aromatic heterocycles. The molecule has 11 heavy (non-hydrogen) atoms. The van der Waals surface area contributed by atoms with Crippen molar-refractivity contribution >= 4 is 0 Å². The summed E-state index contributed by atoms with van der Waals surface area (Å²) in [6.45, 7) is 3.85. The van der Waals surface area contributed by atoms with Crippen LogP contribution in [0.3, 0.4) is 0 Å². The van der Waals surface area contributed by atoms with Crippen molar-refractivity contribution in [2.45, 2.75) is 19.9 Å². The molecule has 3 N–H and O–H groups in total. The SMILES string of the molecule is Cc1nccnc1[C@@H](C)NN. The Morgan fingerprint density at radius 2 is 2.09 bits per heavy atom. The van der Waals surface area contributed by atoms with E-state index in [0.717, 1.165) is 11.4 Å². The van der Waals surface area contributed by atoms with E-state index in [2.05, 4.69) is 15.4 Å². The van der Waals surface area contributed by atoms with Gasteiger partial charge in [-0.1, -0.05) is 0 Å². The number of hydrogen-bond acceptors (Lipinski definition) is 4. The molecule has 60 valence electrons. The first-order valence-electron chi connectivity index (χ1n) is 3.49. The number of nitrogens with one attached hydrogen (secondary N) is 1. The van der Waals surface area contributed by atoms with Crippen molar-refractivity contribution in [2.75, 3.05) is 0 Å². The fourth-order valence-corrected chi connectivity index (χ4v) is 0.922. The van der Waals surface area contributed by atoms with Crippen LogP contribution in [0, 0.1) is 6.92 Å². The average molecular weight is 152 g/mol. The highest BCUT2D eigenvalue weighted by molar-refractivity contribution is 5.11. The van der Waals surface area contributed by atoms with Crippen LogP contribution in [0.1, 0.15) is 24.4 Å². The molecular weight excluding hydrogens is 140 g/mol. The van der Waals surface area contributed by atoms with Gasteiger partial charge in [0, 0.05) is 12.4 Å². The second-order valence-electron chi connectivity index (χ2n) is 2.42. The first kappa shape index (κ1) is 8.10. The molecule has 0 aliphatic carbocycles. The van der Waals surface area contributed by atoms with E-state index >= 15 is 0 Å². The van der Waals surface area contributed by atoms with Gasteiger partial charge in [-0.25, -0.2) is 0 Å². The van der Waals surface area contributed by atoms with Gasteiger partial charge in [-0.3, -0.25) is 21.2 Å². The summed E-state index contributed by atoms with van der Waals surface area (Å²) in [5.41, 5.74) is 4.43. The van der Waals surface area contributed by atoms with Crippen LogP contribution in [0.25, 0.3) is 0 Å². The van der Waals surface area contributed by atoms with Gasteiger partial charge in [0.15, 0.2) is 0 Å². The molecule has 0 saturated carbocycles. The Morgan fingerprint density at radius 3 is 2.64 bits per heavy atom. The molecule has 0 unspecified atom stereocenters. The first-order valence-corrected chi connectivity index (χ1v) is 3.49. The number of hydrazine groups is 1. The predicted molar refractivity (Wildman–Crippen MR) is 42.5 cm³/mol. The molecule has 0 aliphatic rings. The number of hydrogen-bond donors (Lipinski definition) is 2. The van der Waals surface area contributed by atoms with Gasteiger partial charge in [0.2, 0.25) is 0 Å². The topological polar surface area (TPSA) is 63.8 Å². The third-order valence-electron chi connectivity index (χ3n) is 1.58. The minimum absolute atomic E-state index is 0.0590. The van der Waals surface area contributed by atoms with E-state index in [1.165, 1.54) is 0 Å². The Bertz CT molecular complexity index is 236. The molecule has 4 heteroatoms. The molecule has 0 bridgehead atoms. The van der Waals surface area contributed by atoms with Crippen LogP contribution >= 0.6 is 0 Å². The fraction of sp³-hybridized carbons (Fsp3) is 0.429. The summed E-state index contributed by atoms with van der Waals surface area (Å²) < 4.78 is 0. The molecule has 0 radical (unpaired) electrons. The van der Waals surface area contributed by atoms with Crippen molar-refractivity contribution in [3.63, 3.8) is 0 Å². The molecule has 0 aliphatic heterocycles. The highest BCUT2D eigenvalue weighted by atomic mass is 15.2. The summed E-state index contributed by atoms with van der Waals surface area (Å²) in [6, 6.07) is 0.0590. The van der Waals surface area contributed by atoms with Crippen LogP contribution in [0.2, 0.25) is 0 Å². The zero-order chi connectivity index (χ0) is 8.27. The van der Waals surface area contributed by atoms with Crippen LogP contribution in [-0.2, 0) is 0 Å². The molecular formula is C7H12N4. The Kier molecular flexibility index (Phi) is 2.51. The maximum atomic E-state index is 5.26. The van der Waals surface area contributed by atoms with Crippen molar-refractivity contribution in [3.8, 4) is 0 Å². The van der Waals surface area contributed by atoms with E-state index in [0.29, 0.717) is 0 Å². The summed E-state index contributed by atoms with van der Waals surface area (Å²) in [4.78, 5) is 8.23. The van der Waals surface area contributed by atoms with Crippen LogP contribution in [-0.4, -0.2) is 9.97 Å². The number of aromatic nitrogens is 2. The normalized spacial score (nSPS) is 13.0. The zero-order valence-corrected chi connectivity index (χ0v) is 6.70. The van der Waals surface area contributed by atoms with Crippen molar-refractivity contribution in [1.82, 2.24) is 15.4 Å². The Balaban J connectivity index is 2.93. The maximum Gasteiger partial charge on any atom is 0.0795 e. The van der Waals surface area contributed by atoms with Gasteiger partial charge in [-0.15, -0.1) is 0 Å². The second kappa shape index (κ2) is 3.41. The smallest absolute Gasteiger partial charge is 0.0795 e. The quantitative estimate of drug-likeness (QED) is 0.473. The molecule has 4 nitrogen and oxygen atoms in total. The van der Waals surface area contributed by atoms with E-state index in [9.17, 15) is 0 Å². The van der Waals surface area contributed by atoms with E-state index in [1.807, 2.05) is 13.8 Å². The monoisotopic (exact) mass is 152 g/mol. The highest BCUT2D eigenvalue weighted by Crippen LogP contribution is 2.09. The summed E-state index contributed by atoms with van der Waals surface area (Å²) in [7, 11) is 0. The van der Waals surface area contributed by atoms with Crippen molar-refractivity contribution < 1.29 is 0 Å². The Morgan fingerprint density at radius 1 is 1.45 bits per heavy atom. The second-order valence-corrected chi connectivity index (χ2v) is 2.42. The number of nitrogens with two attached hydrogens (primary N) is 1. The standard InChI is InChI=1S/C7H12N4/c1-5-7(6(2)11-8)10-4-3-9-5/h3-4,6,11H,8H2,1-2H3/t6-/m1/s1. The fourth-order valence-electron chi connectivity index (χ4n) is 0.922. The molecule has 0 amide bonds. The van der Waals surface area contributed by atoms with E-state index in [-0.39, 0.29) is 6.04 Å². The lowest BCUT2D eigenvalue weighted by atomic mass is 10.2. The number of nitrogens with zero attached hydrogens (tertiary/aromatic N) is 2. The van der Waals surface area contributed by atoms with Crippen LogP contribution in [0.15, 0.2) is 12.4 Å². The predicted octanol–water partition coefficient (Wildman–Crippen LogP) is 0.309. The number of aryl methyl sites for hydroxylation is 1. The van der Waals surface area contributed by atoms with Gasteiger partial charge in [0.1, 0.15) is 0 Å². The third kappa shape index (κ3) is 1.72. The summed E-state index contributed by atoms with van der Waals surface area (Å²) >= 11 is 0. The lowest BCUT2D eigenvalue weighted by molar-refractivity contribution is 0.579. The van der Waals surface area contributed by atoms with Gasteiger partial charge in [-0.2, -0.15) is 0 Å². The number of rotatable bonds is 2. The molecule has 1 heterocycles. The van der Waals surface area contributed by atoms with Gasteiger partial charge < -0.3 is 0 Å². The van der Waals surface area contributed by atoms with Crippen molar-refractivity contribution in [1.29, 1.82) is 0 Å². The first-order chi connectivity index (χ1) is 5.25. The van der Waals surface area contributed by atoms with Crippen LogP contribution < -0.4 is 11.3 Å². The van der Waals surface area contributed by atoms with Crippen molar-refractivity contribution in [2.24, 2.45) is 5.84 Å². The van der Waals surface area contributed by atoms with E-state index < -0.39 is 0 Å². The van der Waals surface area contributed by atoms with Crippen molar-refractivity contribution in [3.05, 3.63) is 23.8 Å². The van der Waals surface area contributed by atoms with E-state index in [4.69, 9.17) is 5.84 Å². The molecule has 0 spiro atoms. The molecule has 1 atom stereocenters. The minimum Gasteiger partial charge on any atom is -0.271 e. The maximum absolute atomic E-state index is 5.26. The molecule has 1 rings (SSSR count). The van der Waals surface area contributed by atoms with E-state index in [1.54, 1.807) is 12.4 Å². The van der Waals surface area contributed by atoms with Crippen LogP contribution in [0.4, 0.5) is 0 Å². The lowest BCUT2D eigenvalue weighted by Gasteiger charge is -2.09. The van der Waals surface area contributed by atoms with Gasteiger partial charge in [0.25, 0.3) is 0 Å². The lowest BCUT2D eigenvalue weighted by Crippen LogP contribution is -2.27. The highest BCUT2D eigenvalue weighted by Gasteiger charge is 2.06. The molecule has 0 saturated heterocycles. The Hall–Kier alpha value is -1.00. The minimum atomic E-state index is 0.0590. The summed E-state index contributed by atoms with van der Waals surface area (Å²) in [5.74, 6) is 5.26. The largest absolute Gasteiger partial charge is 0.271 e. The molecule has 1 aromatic rings. The van der Waals surface area contributed by atoms with Crippen LogP contribution in [0.5, 0.6) is 0 Å². The summed E-state index contributed by atoms with van der Waals surface area (Å²) in [5, 5.41) is 0. The molecule has 0 aromatic carbocycles. The third-order valence-corrected chi connectivity index (χ3v) is 1.58. The molecule has 0 fully saturated rings. The Labute approximate surface area is 65.8 Å². The van der Waals surface area contributed by atoms with Gasteiger partial charge >= 0.3 is 0 Å². The average Bonchev–Trinajstić information content (AvgIpc) is 2.04.